The van der Waals surface area contributed by atoms with E-state index in [4.69, 9.17) is 5.11 Å². The van der Waals surface area contributed by atoms with Gasteiger partial charge in [0.15, 0.2) is 0 Å². The highest BCUT2D eigenvalue weighted by Crippen LogP contribution is 2.28. The number of benzene rings is 2. The molecule has 142 valence electrons. The van der Waals surface area contributed by atoms with Crippen molar-refractivity contribution in [1.82, 2.24) is 14.3 Å². The van der Waals surface area contributed by atoms with Crippen molar-refractivity contribution in [2.24, 2.45) is 0 Å². The van der Waals surface area contributed by atoms with Crippen LogP contribution in [-0.4, -0.2) is 25.4 Å². The molecule has 0 amide bonds. The van der Waals surface area contributed by atoms with Gasteiger partial charge in [-0.05, 0) is 43.5 Å². The summed E-state index contributed by atoms with van der Waals surface area (Å²) in [7, 11) is 0. The third-order valence-electron chi connectivity index (χ3n) is 5.21. The first kappa shape index (κ1) is 18.0. The lowest BCUT2D eigenvalue weighted by Gasteiger charge is -2.14. The van der Waals surface area contributed by atoms with Gasteiger partial charge in [0.2, 0.25) is 0 Å². The Kier molecular flexibility index (Phi) is 4.26. The fraction of sp³-hybridized carbons (Fsp3) is 0.227. The molecule has 6 nitrogen and oxygen atoms in total. The van der Waals surface area contributed by atoms with Crippen LogP contribution < -0.4 is 5.56 Å². The van der Waals surface area contributed by atoms with Crippen molar-refractivity contribution in [3.63, 3.8) is 0 Å². The number of hydrogen-bond acceptors (Lipinski definition) is 3. The van der Waals surface area contributed by atoms with Crippen LogP contribution in [0.3, 0.4) is 0 Å². The number of fused-ring (bicyclic) bond motifs is 3. The Balaban J connectivity index is 2.03. The molecule has 6 heteroatoms. The van der Waals surface area contributed by atoms with Crippen LogP contribution >= 0.6 is 0 Å². The molecule has 2 aromatic heterocycles. The molecule has 0 fully saturated rings. The summed E-state index contributed by atoms with van der Waals surface area (Å²) in [6.07, 6.45) is 1.59. The zero-order valence-corrected chi connectivity index (χ0v) is 16.1. The highest BCUT2D eigenvalue weighted by molar-refractivity contribution is 6.07. The van der Waals surface area contributed by atoms with Crippen molar-refractivity contribution in [3.8, 4) is 0 Å². The van der Waals surface area contributed by atoms with Gasteiger partial charge in [-0.25, -0.2) is 4.68 Å². The average molecular weight is 375 g/mol. The summed E-state index contributed by atoms with van der Waals surface area (Å²) < 4.78 is 2.99. The first-order valence-electron chi connectivity index (χ1n) is 9.12. The first-order valence-corrected chi connectivity index (χ1v) is 9.12. The van der Waals surface area contributed by atoms with Crippen molar-refractivity contribution in [2.45, 2.75) is 33.9 Å². The molecule has 4 aromatic rings. The van der Waals surface area contributed by atoms with Gasteiger partial charge in [0.1, 0.15) is 12.1 Å². The van der Waals surface area contributed by atoms with Gasteiger partial charge >= 0.3 is 5.97 Å². The van der Waals surface area contributed by atoms with Gasteiger partial charge in [0.25, 0.3) is 5.56 Å². The lowest BCUT2D eigenvalue weighted by molar-refractivity contribution is -0.138. The molecule has 4 rings (SSSR count). The molecule has 28 heavy (non-hydrogen) atoms. The van der Waals surface area contributed by atoms with E-state index in [-0.39, 0.29) is 0 Å². The Hall–Kier alpha value is -3.41. The summed E-state index contributed by atoms with van der Waals surface area (Å²) in [5.41, 5.74) is 5.73. The lowest BCUT2D eigenvalue weighted by Crippen LogP contribution is -2.27. The summed E-state index contributed by atoms with van der Waals surface area (Å²) in [6.45, 7) is 6.30. The molecular weight excluding hydrogens is 354 g/mol. The van der Waals surface area contributed by atoms with Crippen LogP contribution in [0, 0.1) is 20.8 Å². The van der Waals surface area contributed by atoms with E-state index in [1.165, 1.54) is 16.7 Å². The molecule has 2 heterocycles. The number of aliphatic carboxylic acids is 1. The SMILES string of the molecule is Cc1cc(C)c(Cn2c3ccccc3c3cnn(CC(=O)O)c(=O)c32)c(C)c1. The fourth-order valence-corrected chi connectivity index (χ4v) is 4.02. The van der Waals surface area contributed by atoms with Crippen LogP contribution in [-0.2, 0) is 17.9 Å². The van der Waals surface area contributed by atoms with E-state index < -0.39 is 18.1 Å². The Bertz CT molecular complexity index is 1270. The molecular formula is C22H21N3O3. The topological polar surface area (TPSA) is 77.1 Å². The van der Waals surface area contributed by atoms with Crippen molar-refractivity contribution in [2.75, 3.05) is 0 Å². The van der Waals surface area contributed by atoms with Crippen molar-refractivity contribution < 1.29 is 9.90 Å². The number of nitrogens with zero attached hydrogens (tertiary/aromatic N) is 3. The van der Waals surface area contributed by atoms with Gasteiger partial charge in [0.05, 0.1) is 6.20 Å². The summed E-state index contributed by atoms with van der Waals surface area (Å²) in [5.74, 6) is -1.10. The molecule has 0 aliphatic carbocycles. The highest BCUT2D eigenvalue weighted by atomic mass is 16.4. The second-order valence-corrected chi connectivity index (χ2v) is 7.24. The van der Waals surface area contributed by atoms with Crippen molar-refractivity contribution in [3.05, 3.63) is 75.2 Å². The fourth-order valence-electron chi connectivity index (χ4n) is 4.02. The minimum Gasteiger partial charge on any atom is -0.480 e. The molecule has 0 saturated carbocycles. The minimum atomic E-state index is -1.10. The number of aryl methyl sites for hydroxylation is 3. The van der Waals surface area contributed by atoms with Gasteiger partial charge in [0, 0.05) is 22.8 Å². The number of rotatable bonds is 4. The minimum absolute atomic E-state index is 0.390. The van der Waals surface area contributed by atoms with E-state index in [1.807, 2.05) is 28.8 Å². The lowest BCUT2D eigenvalue weighted by atomic mass is 10.00. The largest absolute Gasteiger partial charge is 0.480 e. The molecule has 0 unspecified atom stereocenters. The standard InChI is InChI=1S/C22H21N3O3/c1-13-8-14(2)18(15(3)9-13)11-24-19-7-5-4-6-16(19)17-10-23-25(12-20(26)27)22(28)21(17)24/h4-10H,11-12H2,1-3H3,(H,26,27). The number of hydrogen-bond donors (Lipinski definition) is 1. The van der Waals surface area contributed by atoms with Crippen LogP contribution in [0.4, 0.5) is 0 Å². The van der Waals surface area contributed by atoms with Crippen molar-refractivity contribution >= 4 is 27.8 Å². The van der Waals surface area contributed by atoms with Crippen molar-refractivity contribution in [1.29, 1.82) is 0 Å². The van der Waals surface area contributed by atoms with E-state index in [1.54, 1.807) is 6.20 Å². The second-order valence-electron chi connectivity index (χ2n) is 7.24. The Morgan fingerprint density at radius 2 is 1.75 bits per heavy atom. The molecule has 1 N–H and O–H groups in total. The van der Waals surface area contributed by atoms with Gasteiger partial charge in [-0.1, -0.05) is 35.9 Å². The Morgan fingerprint density at radius 3 is 2.43 bits per heavy atom. The summed E-state index contributed by atoms with van der Waals surface area (Å²) in [6, 6.07) is 12.1. The highest BCUT2D eigenvalue weighted by Gasteiger charge is 2.18. The van der Waals surface area contributed by atoms with E-state index in [0.29, 0.717) is 12.1 Å². The summed E-state index contributed by atoms with van der Waals surface area (Å²) in [4.78, 5) is 24.2. The van der Waals surface area contributed by atoms with Crippen LogP contribution in [0.2, 0.25) is 0 Å². The number of carboxylic acid groups (broad SMARTS) is 1. The third kappa shape index (κ3) is 2.87. The maximum atomic E-state index is 13.1. The maximum absolute atomic E-state index is 13.1. The number of carbonyl (C=O) groups is 1. The summed E-state index contributed by atoms with van der Waals surface area (Å²) in [5, 5.41) is 14.9. The van der Waals surface area contributed by atoms with Gasteiger partial charge < -0.3 is 9.67 Å². The average Bonchev–Trinajstić information content (AvgIpc) is 2.94. The van der Waals surface area contributed by atoms with Crippen LogP contribution in [0.5, 0.6) is 0 Å². The molecule has 0 bridgehead atoms. The number of aromatic nitrogens is 3. The van der Waals surface area contributed by atoms with E-state index in [2.05, 4.69) is 38.0 Å². The Labute approximate surface area is 161 Å². The number of para-hydroxylation sites is 1. The van der Waals surface area contributed by atoms with E-state index >= 15 is 0 Å². The monoisotopic (exact) mass is 375 g/mol. The first-order chi connectivity index (χ1) is 13.4. The maximum Gasteiger partial charge on any atom is 0.325 e. The third-order valence-corrected chi connectivity index (χ3v) is 5.21. The van der Waals surface area contributed by atoms with Crippen LogP contribution in [0.25, 0.3) is 21.8 Å². The van der Waals surface area contributed by atoms with Crippen LogP contribution in [0.15, 0.2) is 47.4 Å². The van der Waals surface area contributed by atoms with Gasteiger partial charge in [-0.15, -0.1) is 0 Å². The Morgan fingerprint density at radius 1 is 1.07 bits per heavy atom. The van der Waals surface area contributed by atoms with E-state index in [0.717, 1.165) is 26.5 Å². The molecule has 0 aliphatic heterocycles. The normalized spacial score (nSPS) is 11.4. The second kappa shape index (κ2) is 6.64. The van der Waals surface area contributed by atoms with E-state index in [9.17, 15) is 9.59 Å². The van der Waals surface area contributed by atoms with Crippen LogP contribution in [0.1, 0.15) is 22.3 Å². The predicted molar refractivity (Wildman–Crippen MR) is 109 cm³/mol. The molecule has 2 aromatic carbocycles. The van der Waals surface area contributed by atoms with Gasteiger partial charge in [-0.2, -0.15) is 5.10 Å². The zero-order chi connectivity index (χ0) is 20.0. The predicted octanol–water partition coefficient (Wildman–Crippen LogP) is 3.41. The quantitative estimate of drug-likeness (QED) is 0.593. The smallest absolute Gasteiger partial charge is 0.325 e. The van der Waals surface area contributed by atoms with Gasteiger partial charge in [-0.3, -0.25) is 9.59 Å². The molecule has 0 saturated heterocycles. The molecule has 0 radical (unpaired) electrons. The molecule has 0 spiro atoms. The number of carboxylic acids is 1. The molecule has 0 atom stereocenters. The zero-order valence-electron chi connectivity index (χ0n) is 16.1. The summed E-state index contributed by atoms with van der Waals surface area (Å²) >= 11 is 0. The molecule has 0 aliphatic rings.